The van der Waals surface area contributed by atoms with E-state index in [4.69, 9.17) is 9.37 Å². The van der Waals surface area contributed by atoms with Crippen LogP contribution in [0, 0.1) is 0 Å². The predicted molar refractivity (Wildman–Crippen MR) is 104 cm³/mol. The van der Waals surface area contributed by atoms with E-state index >= 15 is 0 Å². The Morgan fingerprint density at radius 3 is 2.43 bits per heavy atom. The van der Waals surface area contributed by atoms with Crippen molar-refractivity contribution in [1.82, 2.24) is 20.3 Å². The molecule has 1 aromatic carbocycles. The van der Waals surface area contributed by atoms with E-state index in [2.05, 4.69) is 30.9 Å². The van der Waals surface area contributed by atoms with Gasteiger partial charge in [-0.3, -0.25) is 0 Å². The Morgan fingerprint density at radius 1 is 1.07 bits per heavy atom. The van der Waals surface area contributed by atoms with Crippen molar-refractivity contribution in [2.75, 3.05) is 17.2 Å². The Labute approximate surface area is 161 Å². The van der Waals surface area contributed by atoms with Crippen LogP contribution in [0.2, 0.25) is 0 Å². The molecule has 1 aliphatic carbocycles. The number of nitrogens with one attached hydrogen (secondary N) is 2. The molecule has 0 saturated heterocycles. The summed E-state index contributed by atoms with van der Waals surface area (Å²) in [6.07, 6.45) is 5.89. The number of carbonyl (C=O) groups excluding carboxylic acids is 1. The zero-order valence-corrected chi connectivity index (χ0v) is 15.6. The second kappa shape index (κ2) is 8.20. The van der Waals surface area contributed by atoms with Crippen molar-refractivity contribution in [3.05, 3.63) is 29.8 Å². The number of nitrogens with zero attached hydrogens (tertiary/aromatic N) is 4. The fraction of sp³-hybridized carbons (Fsp3) is 0.421. The second-order valence-corrected chi connectivity index (χ2v) is 6.73. The van der Waals surface area contributed by atoms with Crippen LogP contribution in [0.25, 0.3) is 11.3 Å². The summed E-state index contributed by atoms with van der Waals surface area (Å²) >= 11 is 0. The summed E-state index contributed by atoms with van der Waals surface area (Å²) in [4.78, 5) is 20.8. The van der Waals surface area contributed by atoms with Crippen molar-refractivity contribution in [3.63, 3.8) is 0 Å². The molecule has 1 saturated carbocycles. The highest BCUT2D eigenvalue weighted by molar-refractivity contribution is 5.90. The molecule has 2 heterocycles. The molecule has 9 nitrogen and oxygen atoms in total. The molecule has 1 aliphatic rings. The number of fused-ring (bicyclic) bond motifs is 1. The van der Waals surface area contributed by atoms with Gasteiger partial charge in [0.25, 0.3) is 0 Å². The van der Waals surface area contributed by atoms with Crippen LogP contribution in [0.1, 0.15) is 49.4 Å². The van der Waals surface area contributed by atoms with Gasteiger partial charge in [-0.2, -0.15) is 0 Å². The van der Waals surface area contributed by atoms with E-state index in [9.17, 15) is 4.79 Å². The highest BCUT2D eigenvalue weighted by Crippen LogP contribution is 2.27. The summed E-state index contributed by atoms with van der Waals surface area (Å²) in [5.74, 6) is 0.811. The summed E-state index contributed by atoms with van der Waals surface area (Å²) in [5.41, 5.74) is 1.96. The first kappa shape index (κ1) is 18.1. The Balaban J connectivity index is 1.57. The first-order chi connectivity index (χ1) is 13.7. The van der Waals surface area contributed by atoms with E-state index in [1.165, 1.54) is 19.3 Å². The van der Waals surface area contributed by atoms with Crippen LogP contribution in [0.3, 0.4) is 0 Å². The lowest BCUT2D eigenvalue weighted by Gasteiger charge is -2.24. The van der Waals surface area contributed by atoms with Crippen LogP contribution in [-0.4, -0.2) is 38.9 Å². The molecule has 0 radical (unpaired) electrons. The Morgan fingerprint density at radius 2 is 1.75 bits per heavy atom. The molecule has 0 unspecified atom stereocenters. The molecule has 0 atom stereocenters. The van der Waals surface area contributed by atoms with Gasteiger partial charge >= 0.3 is 5.97 Å². The van der Waals surface area contributed by atoms with Gasteiger partial charge in [0.15, 0.2) is 11.6 Å². The molecule has 9 heteroatoms. The van der Waals surface area contributed by atoms with Gasteiger partial charge in [-0.1, -0.05) is 19.3 Å². The maximum absolute atomic E-state index is 11.8. The molecule has 0 spiro atoms. The van der Waals surface area contributed by atoms with E-state index < -0.39 is 0 Å². The highest BCUT2D eigenvalue weighted by Gasteiger charge is 2.19. The van der Waals surface area contributed by atoms with Crippen molar-refractivity contribution < 1.29 is 14.2 Å². The quantitative estimate of drug-likeness (QED) is 0.616. The molecule has 146 valence electrons. The number of ether oxygens (including phenoxy) is 1. The number of esters is 1. The smallest absolute Gasteiger partial charge is 0.338 e. The van der Waals surface area contributed by atoms with Crippen molar-refractivity contribution in [2.45, 2.75) is 45.1 Å². The molecule has 0 bridgehead atoms. The Bertz CT molecular complexity index is 950. The number of carbonyl (C=O) groups is 1. The molecule has 1 fully saturated rings. The van der Waals surface area contributed by atoms with Crippen molar-refractivity contribution in [3.8, 4) is 0 Å². The SMILES string of the molecule is CCOC(=O)c1ccc(Nc2nc3nonc3nc2NC2CCCCC2)cc1. The van der Waals surface area contributed by atoms with Gasteiger partial charge < -0.3 is 15.4 Å². The maximum atomic E-state index is 11.8. The molecule has 3 aromatic rings. The van der Waals surface area contributed by atoms with Crippen molar-refractivity contribution >= 4 is 34.6 Å². The highest BCUT2D eigenvalue weighted by atomic mass is 16.6. The third-order valence-electron chi connectivity index (χ3n) is 4.72. The number of anilines is 3. The summed E-state index contributed by atoms with van der Waals surface area (Å²) in [5, 5.41) is 14.3. The number of rotatable bonds is 6. The van der Waals surface area contributed by atoms with Gasteiger partial charge in [0.2, 0.25) is 11.3 Å². The fourth-order valence-electron chi connectivity index (χ4n) is 3.31. The van der Waals surface area contributed by atoms with E-state index in [1.807, 2.05) is 0 Å². The first-order valence-corrected chi connectivity index (χ1v) is 9.54. The van der Waals surface area contributed by atoms with E-state index in [-0.39, 0.29) is 5.97 Å². The summed E-state index contributed by atoms with van der Waals surface area (Å²) in [6.45, 7) is 2.12. The van der Waals surface area contributed by atoms with Crippen molar-refractivity contribution in [2.24, 2.45) is 0 Å². The van der Waals surface area contributed by atoms with Gasteiger partial charge in [-0.25, -0.2) is 19.4 Å². The van der Waals surface area contributed by atoms with Crippen LogP contribution in [0.4, 0.5) is 17.3 Å². The average Bonchev–Trinajstić information content (AvgIpc) is 3.17. The van der Waals surface area contributed by atoms with Gasteiger partial charge in [0.05, 0.1) is 12.2 Å². The van der Waals surface area contributed by atoms with Gasteiger partial charge in [-0.15, -0.1) is 0 Å². The molecule has 2 N–H and O–H groups in total. The fourth-order valence-corrected chi connectivity index (χ4v) is 3.31. The van der Waals surface area contributed by atoms with Gasteiger partial charge in [-0.05, 0) is 54.3 Å². The number of benzene rings is 1. The first-order valence-electron chi connectivity index (χ1n) is 9.54. The summed E-state index contributed by atoms with van der Waals surface area (Å²) in [6, 6.07) is 7.36. The largest absolute Gasteiger partial charge is 0.462 e. The molecule has 4 rings (SSSR count). The Hall–Kier alpha value is -3.23. The van der Waals surface area contributed by atoms with Gasteiger partial charge in [0.1, 0.15) is 0 Å². The van der Waals surface area contributed by atoms with Crippen LogP contribution in [0.5, 0.6) is 0 Å². The normalized spacial score (nSPS) is 14.8. The average molecular weight is 382 g/mol. The van der Waals surface area contributed by atoms with Crippen LogP contribution < -0.4 is 10.6 Å². The van der Waals surface area contributed by atoms with Crippen LogP contribution >= 0.6 is 0 Å². The molecule has 0 aliphatic heterocycles. The number of hydrogen-bond donors (Lipinski definition) is 2. The maximum Gasteiger partial charge on any atom is 0.338 e. The number of aromatic nitrogens is 4. The molecular formula is C19H22N6O3. The minimum atomic E-state index is -0.344. The minimum Gasteiger partial charge on any atom is -0.462 e. The van der Waals surface area contributed by atoms with E-state index in [0.717, 1.165) is 18.5 Å². The zero-order chi connectivity index (χ0) is 19.3. The van der Waals surface area contributed by atoms with Crippen LogP contribution in [-0.2, 0) is 4.74 Å². The van der Waals surface area contributed by atoms with Crippen LogP contribution in [0.15, 0.2) is 28.9 Å². The lowest BCUT2D eigenvalue weighted by atomic mass is 9.95. The minimum absolute atomic E-state index is 0.333. The van der Waals surface area contributed by atoms with Gasteiger partial charge in [0, 0.05) is 11.7 Å². The summed E-state index contributed by atoms with van der Waals surface area (Å²) < 4.78 is 9.76. The topological polar surface area (TPSA) is 115 Å². The molecule has 2 aromatic heterocycles. The zero-order valence-electron chi connectivity index (χ0n) is 15.6. The standard InChI is InChI=1S/C19H22N6O3/c1-2-27-19(26)12-8-10-14(11-9-12)21-16-15(20-13-6-4-3-5-7-13)22-17-18(23-16)25-28-24-17/h8-11,13H,2-7H2,1H3,(H,20,22,24)(H,21,23,25). The third kappa shape index (κ3) is 4.03. The lowest BCUT2D eigenvalue weighted by Crippen LogP contribution is -2.23. The Kier molecular flexibility index (Phi) is 5.31. The van der Waals surface area contributed by atoms with Crippen molar-refractivity contribution in [1.29, 1.82) is 0 Å². The molecule has 0 amide bonds. The monoisotopic (exact) mass is 382 g/mol. The summed E-state index contributed by atoms with van der Waals surface area (Å²) in [7, 11) is 0. The molecular weight excluding hydrogens is 360 g/mol. The third-order valence-corrected chi connectivity index (χ3v) is 4.72. The second-order valence-electron chi connectivity index (χ2n) is 6.73. The van der Waals surface area contributed by atoms with E-state index in [1.54, 1.807) is 31.2 Å². The van der Waals surface area contributed by atoms with E-state index in [0.29, 0.717) is 41.1 Å². The lowest BCUT2D eigenvalue weighted by molar-refractivity contribution is 0.0526. The molecule has 28 heavy (non-hydrogen) atoms. The predicted octanol–water partition coefficient (Wildman–Crippen LogP) is 3.68. The number of hydrogen-bond acceptors (Lipinski definition) is 9.